The molecule has 1 aromatic heterocycles. The van der Waals surface area contributed by atoms with Crippen molar-refractivity contribution in [2.24, 2.45) is 5.10 Å². The molecule has 0 aliphatic rings. The Morgan fingerprint density at radius 2 is 2.16 bits per heavy atom. The van der Waals surface area contributed by atoms with E-state index in [9.17, 15) is 5.11 Å². The number of rotatable bonds is 3. The maximum Gasteiger partial charge on any atom is 0.216 e. The zero-order chi connectivity index (χ0) is 13.7. The third-order valence-electron chi connectivity index (χ3n) is 2.37. The molecular formula is C12H13N5OS. The minimum absolute atomic E-state index is 0.0232. The summed E-state index contributed by atoms with van der Waals surface area (Å²) in [7, 11) is 0. The van der Waals surface area contributed by atoms with Crippen LogP contribution < -0.4 is 10.7 Å². The minimum atomic E-state index is -0.0232. The van der Waals surface area contributed by atoms with Crippen molar-refractivity contribution in [1.29, 1.82) is 0 Å². The average Bonchev–Trinajstić information content (AvgIpc) is 2.71. The molecule has 7 heteroatoms. The number of hydrazone groups is 1. The van der Waals surface area contributed by atoms with Crippen LogP contribution in [-0.2, 0) is 0 Å². The summed E-state index contributed by atoms with van der Waals surface area (Å²) in [6.07, 6.45) is 1.45. The molecule has 0 saturated heterocycles. The van der Waals surface area contributed by atoms with Crippen LogP contribution in [0.15, 0.2) is 35.4 Å². The fourth-order valence-electron chi connectivity index (χ4n) is 1.42. The lowest BCUT2D eigenvalue weighted by atomic mass is 10.3. The third-order valence-corrected chi connectivity index (χ3v) is 2.56. The molecule has 0 radical (unpaired) electrons. The smallest absolute Gasteiger partial charge is 0.216 e. The van der Waals surface area contributed by atoms with Crippen LogP contribution in [0.5, 0.6) is 5.88 Å². The summed E-state index contributed by atoms with van der Waals surface area (Å²) in [5.74, 6) is -0.0232. The molecule has 0 unspecified atom stereocenters. The summed E-state index contributed by atoms with van der Waals surface area (Å²) >= 11 is 5.07. The van der Waals surface area contributed by atoms with E-state index in [1.165, 1.54) is 6.21 Å². The summed E-state index contributed by atoms with van der Waals surface area (Å²) in [6, 6.07) is 9.51. The van der Waals surface area contributed by atoms with Crippen LogP contribution in [0.3, 0.4) is 0 Å². The van der Waals surface area contributed by atoms with Crippen LogP contribution in [0.2, 0.25) is 0 Å². The number of aryl methyl sites for hydroxylation is 1. The van der Waals surface area contributed by atoms with Gasteiger partial charge in [-0.3, -0.25) is 5.43 Å². The van der Waals surface area contributed by atoms with E-state index < -0.39 is 0 Å². The first kappa shape index (κ1) is 13.0. The maximum atomic E-state index is 9.45. The molecule has 2 aromatic rings. The van der Waals surface area contributed by atoms with Crippen LogP contribution in [0.1, 0.15) is 11.3 Å². The average molecular weight is 275 g/mol. The molecule has 19 heavy (non-hydrogen) atoms. The van der Waals surface area contributed by atoms with E-state index in [1.807, 2.05) is 30.3 Å². The van der Waals surface area contributed by atoms with Crippen molar-refractivity contribution in [1.82, 2.24) is 15.6 Å². The van der Waals surface area contributed by atoms with Crippen molar-refractivity contribution in [3.05, 3.63) is 41.6 Å². The van der Waals surface area contributed by atoms with Crippen LogP contribution in [-0.4, -0.2) is 26.6 Å². The SMILES string of the molecule is Cc1n[nH]c(O)c1/C=N/NC(=S)Nc1ccccc1. The van der Waals surface area contributed by atoms with Crippen molar-refractivity contribution in [3.63, 3.8) is 0 Å². The molecule has 98 valence electrons. The number of aromatic amines is 1. The fourth-order valence-corrected chi connectivity index (χ4v) is 1.59. The van der Waals surface area contributed by atoms with Gasteiger partial charge < -0.3 is 10.4 Å². The van der Waals surface area contributed by atoms with Crippen molar-refractivity contribution in [3.8, 4) is 5.88 Å². The van der Waals surface area contributed by atoms with Crippen LogP contribution in [0, 0.1) is 6.92 Å². The number of hydrogen-bond donors (Lipinski definition) is 4. The van der Waals surface area contributed by atoms with E-state index in [0.29, 0.717) is 16.4 Å². The van der Waals surface area contributed by atoms with E-state index in [4.69, 9.17) is 12.2 Å². The Morgan fingerprint density at radius 3 is 2.79 bits per heavy atom. The van der Waals surface area contributed by atoms with E-state index in [0.717, 1.165) is 5.69 Å². The Morgan fingerprint density at radius 1 is 1.42 bits per heavy atom. The van der Waals surface area contributed by atoms with E-state index in [-0.39, 0.29) is 5.88 Å². The van der Waals surface area contributed by atoms with Gasteiger partial charge in [0.25, 0.3) is 0 Å². The number of H-pyrrole nitrogens is 1. The first-order valence-corrected chi connectivity index (χ1v) is 5.96. The highest BCUT2D eigenvalue weighted by Crippen LogP contribution is 2.13. The molecular weight excluding hydrogens is 262 g/mol. The number of aromatic hydroxyl groups is 1. The van der Waals surface area contributed by atoms with E-state index >= 15 is 0 Å². The second kappa shape index (κ2) is 5.96. The van der Waals surface area contributed by atoms with E-state index in [1.54, 1.807) is 6.92 Å². The molecule has 0 fully saturated rings. The summed E-state index contributed by atoms with van der Waals surface area (Å²) in [4.78, 5) is 0. The second-order valence-corrected chi connectivity index (χ2v) is 4.17. The van der Waals surface area contributed by atoms with Gasteiger partial charge in [-0.1, -0.05) is 18.2 Å². The number of aromatic nitrogens is 2. The molecule has 0 bridgehead atoms. The lowest BCUT2D eigenvalue weighted by Crippen LogP contribution is -2.23. The molecule has 0 atom stereocenters. The molecule has 0 saturated carbocycles. The summed E-state index contributed by atoms with van der Waals surface area (Å²) in [5, 5.41) is 23.0. The Bertz CT molecular complexity index is 574. The predicted molar refractivity (Wildman–Crippen MR) is 78.4 cm³/mol. The van der Waals surface area contributed by atoms with Gasteiger partial charge >= 0.3 is 0 Å². The highest BCUT2D eigenvalue weighted by molar-refractivity contribution is 7.80. The standard InChI is InChI=1S/C12H13N5OS/c1-8-10(11(18)16-15-8)7-13-17-12(19)14-9-5-3-2-4-6-9/h2-7H,1H3,(H2,14,17,19)(H2,15,16,18)/b13-7+. The molecule has 0 aliphatic carbocycles. The number of anilines is 1. The normalized spacial score (nSPS) is 10.6. The number of hydrogen-bond acceptors (Lipinski definition) is 4. The first-order valence-electron chi connectivity index (χ1n) is 5.56. The second-order valence-electron chi connectivity index (χ2n) is 3.76. The van der Waals surface area contributed by atoms with Crippen LogP contribution >= 0.6 is 12.2 Å². The van der Waals surface area contributed by atoms with Crippen molar-refractivity contribution < 1.29 is 5.11 Å². The summed E-state index contributed by atoms with van der Waals surface area (Å²) < 4.78 is 0. The zero-order valence-corrected chi connectivity index (χ0v) is 11.0. The Balaban J connectivity index is 1.91. The Labute approximate surface area is 115 Å². The van der Waals surface area contributed by atoms with Gasteiger partial charge in [-0.2, -0.15) is 10.2 Å². The van der Waals surface area contributed by atoms with Crippen LogP contribution in [0.4, 0.5) is 5.69 Å². The quantitative estimate of drug-likeness (QED) is 0.389. The molecule has 4 N–H and O–H groups in total. The lowest BCUT2D eigenvalue weighted by molar-refractivity contribution is 0.451. The zero-order valence-electron chi connectivity index (χ0n) is 10.2. The van der Waals surface area contributed by atoms with E-state index in [2.05, 4.69) is 26.0 Å². The van der Waals surface area contributed by atoms with Crippen molar-refractivity contribution in [2.45, 2.75) is 6.92 Å². The number of nitrogens with zero attached hydrogens (tertiary/aromatic N) is 2. The predicted octanol–water partition coefficient (Wildman–Crippen LogP) is 1.74. The summed E-state index contributed by atoms with van der Waals surface area (Å²) in [6.45, 7) is 1.76. The molecule has 2 rings (SSSR count). The first-order chi connectivity index (χ1) is 9.16. The monoisotopic (exact) mass is 275 g/mol. The van der Waals surface area contributed by atoms with Gasteiger partial charge in [0.05, 0.1) is 17.5 Å². The number of thiocarbonyl (C=S) groups is 1. The largest absolute Gasteiger partial charge is 0.493 e. The lowest BCUT2D eigenvalue weighted by Gasteiger charge is -2.05. The van der Waals surface area contributed by atoms with Gasteiger partial charge in [0, 0.05) is 5.69 Å². The Kier molecular flexibility index (Phi) is 4.09. The molecule has 1 aromatic carbocycles. The summed E-state index contributed by atoms with van der Waals surface area (Å²) in [5.41, 5.74) is 4.71. The number of para-hydroxylation sites is 1. The minimum Gasteiger partial charge on any atom is -0.493 e. The van der Waals surface area contributed by atoms with Gasteiger partial charge in [-0.25, -0.2) is 5.10 Å². The van der Waals surface area contributed by atoms with Gasteiger partial charge in [0.15, 0.2) is 5.11 Å². The maximum absolute atomic E-state index is 9.45. The molecule has 1 heterocycles. The third kappa shape index (κ3) is 3.52. The van der Waals surface area contributed by atoms with Crippen molar-refractivity contribution in [2.75, 3.05) is 5.32 Å². The Hall–Kier alpha value is -2.41. The molecule has 6 nitrogen and oxygen atoms in total. The highest BCUT2D eigenvalue weighted by atomic mass is 32.1. The molecule has 0 amide bonds. The van der Waals surface area contributed by atoms with Crippen molar-refractivity contribution >= 4 is 29.2 Å². The fraction of sp³-hybridized carbons (Fsp3) is 0.0833. The number of benzene rings is 1. The molecule has 0 spiro atoms. The highest BCUT2D eigenvalue weighted by Gasteiger charge is 2.05. The number of nitrogens with one attached hydrogen (secondary N) is 3. The van der Waals surface area contributed by atoms with Gasteiger partial charge in [0.1, 0.15) is 0 Å². The topological polar surface area (TPSA) is 85.3 Å². The van der Waals surface area contributed by atoms with Gasteiger partial charge in [-0.05, 0) is 31.3 Å². The van der Waals surface area contributed by atoms with Gasteiger partial charge in [0.2, 0.25) is 5.88 Å². The molecule has 0 aliphatic heterocycles. The van der Waals surface area contributed by atoms with Crippen LogP contribution in [0.25, 0.3) is 0 Å². The van der Waals surface area contributed by atoms with Gasteiger partial charge in [-0.15, -0.1) is 0 Å².